The molecule has 1 aromatic heterocycles. The molecule has 4 heteroatoms. The van der Waals surface area contributed by atoms with Crippen LogP contribution in [-0.4, -0.2) is 16.9 Å². The molecule has 104 valence electrons. The Bertz CT molecular complexity index is 507. The first-order valence-electron chi connectivity index (χ1n) is 7.06. The lowest BCUT2D eigenvalue weighted by molar-refractivity contribution is 0.0931. The summed E-state index contributed by atoms with van der Waals surface area (Å²) in [6.07, 6.45) is 7.06. The highest BCUT2D eigenvalue weighted by atomic mass is 16.2. The standard InChI is InChI=1S/C15H22N2O2/c1-10-4-3-5-12(7-6-10)17-15(19)13-9-16-11(2)8-14(13)18/h8-10,12H,3-7H2,1-2H3,(H,16,18)(H,17,19). The molecule has 0 aliphatic heterocycles. The number of aromatic amines is 1. The highest BCUT2D eigenvalue weighted by Crippen LogP contribution is 2.22. The van der Waals surface area contributed by atoms with Crippen LogP contribution in [0.1, 0.15) is 55.1 Å². The van der Waals surface area contributed by atoms with Crippen molar-refractivity contribution in [2.24, 2.45) is 5.92 Å². The number of amides is 1. The van der Waals surface area contributed by atoms with Gasteiger partial charge in [-0.2, -0.15) is 0 Å². The van der Waals surface area contributed by atoms with Gasteiger partial charge in [-0.25, -0.2) is 0 Å². The fourth-order valence-electron chi connectivity index (χ4n) is 2.65. The largest absolute Gasteiger partial charge is 0.364 e. The Labute approximate surface area is 113 Å². The number of hydrogen-bond acceptors (Lipinski definition) is 2. The van der Waals surface area contributed by atoms with E-state index in [1.54, 1.807) is 6.92 Å². The molecule has 1 fully saturated rings. The maximum Gasteiger partial charge on any atom is 0.256 e. The first kappa shape index (κ1) is 13.8. The molecule has 1 aromatic rings. The topological polar surface area (TPSA) is 62.0 Å². The number of carbonyl (C=O) groups excluding carboxylic acids is 1. The van der Waals surface area contributed by atoms with Crippen molar-refractivity contribution in [1.29, 1.82) is 0 Å². The Morgan fingerprint density at radius 3 is 2.84 bits per heavy atom. The van der Waals surface area contributed by atoms with E-state index in [0.717, 1.165) is 37.3 Å². The predicted molar refractivity (Wildman–Crippen MR) is 75.3 cm³/mol. The molecule has 1 aliphatic rings. The van der Waals surface area contributed by atoms with Crippen molar-refractivity contribution < 1.29 is 4.79 Å². The SMILES string of the molecule is Cc1cc(=O)c(C(=O)NC2CCCC(C)CC2)c[nH]1. The molecule has 2 N–H and O–H groups in total. The summed E-state index contributed by atoms with van der Waals surface area (Å²) in [7, 11) is 0. The molecule has 0 saturated heterocycles. The molecule has 2 rings (SSSR count). The van der Waals surface area contributed by atoms with Gasteiger partial charge < -0.3 is 10.3 Å². The summed E-state index contributed by atoms with van der Waals surface area (Å²) in [6.45, 7) is 4.06. The first-order chi connectivity index (χ1) is 9.06. The lowest BCUT2D eigenvalue weighted by Crippen LogP contribution is -2.37. The third-order valence-corrected chi connectivity index (χ3v) is 3.89. The van der Waals surface area contributed by atoms with Gasteiger partial charge in [0.1, 0.15) is 5.56 Å². The first-order valence-corrected chi connectivity index (χ1v) is 7.06. The molecular formula is C15H22N2O2. The molecular weight excluding hydrogens is 240 g/mol. The summed E-state index contributed by atoms with van der Waals surface area (Å²) in [5.41, 5.74) is 0.767. The summed E-state index contributed by atoms with van der Waals surface area (Å²) in [5, 5.41) is 3.00. The third kappa shape index (κ3) is 3.69. The molecule has 0 bridgehead atoms. The predicted octanol–water partition coefficient (Wildman–Crippen LogP) is 2.38. The van der Waals surface area contributed by atoms with Gasteiger partial charge in [-0.05, 0) is 32.1 Å². The molecule has 2 atom stereocenters. The molecule has 2 unspecified atom stereocenters. The molecule has 1 amide bonds. The van der Waals surface area contributed by atoms with Crippen LogP contribution in [0.5, 0.6) is 0 Å². The van der Waals surface area contributed by atoms with Gasteiger partial charge in [-0.1, -0.05) is 19.8 Å². The normalized spacial score (nSPS) is 23.7. The van der Waals surface area contributed by atoms with Crippen LogP contribution in [0.4, 0.5) is 0 Å². The van der Waals surface area contributed by atoms with Crippen LogP contribution in [0.25, 0.3) is 0 Å². The molecule has 0 spiro atoms. The quantitative estimate of drug-likeness (QED) is 0.804. The average Bonchev–Trinajstić information content (AvgIpc) is 2.54. The van der Waals surface area contributed by atoms with E-state index >= 15 is 0 Å². The Hall–Kier alpha value is -1.58. The van der Waals surface area contributed by atoms with Gasteiger partial charge in [0.25, 0.3) is 5.91 Å². The van der Waals surface area contributed by atoms with Crippen molar-refractivity contribution in [3.63, 3.8) is 0 Å². The van der Waals surface area contributed by atoms with E-state index in [0.29, 0.717) is 0 Å². The molecule has 1 heterocycles. The maximum absolute atomic E-state index is 12.1. The van der Waals surface area contributed by atoms with E-state index < -0.39 is 0 Å². The van der Waals surface area contributed by atoms with E-state index in [1.807, 2.05) is 0 Å². The number of carbonyl (C=O) groups is 1. The Morgan fingerprint density at radius 1 is 1.32 bits per heavy atom. The van der Waals surface area contributed by atoms with Crippen molar-refractivity contribution in [1.82, 2.24) is 10.3 Å². The highest BCUT2D eigenvalue weighted by Gasteiger charge is 2.19. The number of H-pyrrole nitrogens is 1. The lowest BCUT2D eigenvalue weighted by Gasteiger charge is -2.16. The van der Waals surface area contributed by atoms with Gasteiger partial charge in [-0.15, -0.1) is 0 Å². The van der Waals surface area contributed by atoms with E-state index in [1.165, 1.54) is 18.7 Å². The molecule has 1 aliphatic carbocycles. The van der Waals surface area contributed by atoms with Crippen molar-refractivity contribution in [2.45, 2.75) is 52.0 Å². The maximum atomic E-state index is 12.1. The third-order valence-electron chi connectivity index (χ3n) is 3.89. The monoisotopic (exact) mass is 262 g/mol. The fraction of sp³-hybridized carbons (Fsp3) is 0.600. The van der Waals surface area contributed by atoms with Gasteiger partial charge in [0.2, 0.25) is 0 Å². The average molecular weight is 262 g/mol. The van der Waals surface area contributed by atoms with Crippen molar-refractivity contribution >= 4 is 5.91 Å². The smallest absolute Gasteiger partial charge is 0.256 e. The second-order valence-corrected chi connectivity index (χ2v) is 5.68. The molecule has 0 aromatic carbocycles. The van der Waals surface area contributed by atoms with Crippen LogP contribution < -0.4 is 10.7 Å². The van der Waals surface area contributed by atoms with Crippen LogP contribution in [-0.2, 0) is 0 Å². The van der Waals surface area contributed by atoms with Gasteiger partial charge in [-0.3, -0.25) is 9.59 Å². The molecule has 1 saturated carbocycles. The highest BCUT2D eigenvalue weighted by molar-refractivity contribution is 5.93. The van der Waals surface area contributed by atoms with Crippen molar-refractivity contribution in [2.75, 3.05) is 0 Å². The van der Waals surface area contributed by atoms with Crippen molar-refractivity contribution in [3.8, 4) is 0 Å². The van der Waals surface area contributed by atoms with Gasteiger partial charge in [0.15, 0.2) is 5.43 Å². The number of pyridine rings is 1. The second-order valence-electron chi connectivity index (χ2n) is 5.68. The van der Waals surface area contributed by atoms with Crippen LogP contribution in [0.15, 0.2) is 17.1 Å². The van der Waals surface area contributed by atoms with E-state index in [-0.39, 0.29) is 22.9 Å². The second kappa shape index (κ2) is 6.04. The molecule has 4 nitrogen and oxygen atoms in total. The summed E-state index contributed by atoms with van der Waals surface area (Å²) >= 11 is 0. The number of hydrogen-bond donors (Lipinski definition) is 2. The Balaban J connectivity index is 2.02. The number of nitrogens with one attached hydrogen (secondary N) is 2. The summed E-state index contributed by atoms with van der Waals surface area (Å²) in [6, 6.07) is 1.67. The van der Waals surface area contributed by atoms with Crippen LogP contribution >= 0.6 is 0 Å². The minimum Gasteiger partial charge on any atom is -0.364 e. The molecule has 19 heavy (non-hydrogen) atoms. The molecule has 0 radical (unpaired) electrons. The summed E-state index contributed by atoms with van der Waals surface area (Å²) in [5.74, 6) is 0.491. The number of aromatic nitrogens is 1. The lowest BCUT2D eigenvalue weighted by atomic mass is 10.0. The number of aryl methyl sites for hydroxylation is 1. The Morgan fingerprint density at radius 2 is 2.11 bits per heavy atom. The zero-order valence-corrected chi connectivity index (χ0v) is 11.7. The van der Waals surface area contributed by atoms with Gasteiger partial charge in [0, 0.05) is 24.0 Å². The zero-order chi connectivity index (χ0) is 13.8. The van der Waals surface area contributed by atoms with E-state index in [4.69, 9.17) is 0 Å². The Kier molecular flexibility index (Phi) is 4.40. The summed E-state index contributed by atoms with van der Waals surface area (Å²) < 4.78 is 0. The number of rotatable bonds is 2. The van der Waals surface area contributed by atoms with Crippen LogP contribution in [0, 0.1) is 12.8 Å². The summed E-state index contributed by atoms with van der Waals surface area (Å²) in [4.78, 5) is 26.8. The van der Waals surface area contributed by atoms with Crippen LogP contribution in [0.2, 0.25) is 0 Å². The minimum absolute atomic E-state index is 0.207. The van der Waals surface area contributed by atoms with E-state index in [9.17, 15) is 9.59 Å². The zero-order valence-electron chi connectivity index (χ0n) is 11.7. The van der Waals surface area contributed by atoms with E-state index in [2.05, 4.69) is 17.2 Å². The van der Waals surface area contributed by atoms with Gasteiger partial charge in [0.05, 0.1) is 0 Å². The van der Waals surface area contributed by atoms with Crippen molar-refractivity contribution in [3.05, 3.63) is 33.7 Å². The fourth-order valence-corrected chi connectivity index (χ4v) is 2.65. The van der Waals surface area contributed by atoms with Gasteiger partial charge >= 0.3 is 0 Å². The minimum atomic E-state index is -0.249. The van der Waals surface area contributed by atoms with Crippen LogP contribution in [0.3, 0.4) is 0 Å².